The number of nitrogens with one attached hydrogen (secondary N) is 1. The molecule has 2 atom stereocenters. The SMILES string of the molecule is Cc1cnc(C(C)NC2CCN(C3CC3)C2)o1. The molecule has 2 aliphatic rings. The number of hydrogen-bond donors (Lipinski definition) is 1. The Morgan fingerprint density at radius 1 is 1.47 bits per heavy atom. The van der Waals surface area contributed by atoms with E-state index < -0.39 is 0 Å². The van der Waals surface area contributed by atoms with E-state index in [0.717, 1.165) is 17.7 Å². The lowest BCUT2D eigenvalue weighted by Gasteiger charge is -2.18. The Labute approximate surface area is 102 Å². The summed E-state index contributed by atoms with van der Waals surface area (Å²) in [5.41, 5.74) is 0. The molecule has 1 aliphatic carbocycles. The number of hydrogen-bond acceptors (Lipinski definition) is 4. The lowest BCUT2D eigenvalue weighted by atomic mass is 10.2. The molecule has 0 aromatic carbocycles. The molecule has 1 aromatic heterocycles. The molecule has 4 nitrogen and oxygen atoms in total. The lowest BCUT2D eigenvalue weighted by molar-refractivity contribution is 0.307. The van der Waals surface area contributed by atoms with Crippen molar-refractivity contribution in [3.8, 4) is 0 Å². The van der Waals surface area contributed by atoms with Crippen molar-refractivity contribution in [3.05, 3.63) is 17.8 Å². The molecule has 1 saturated carbocycles. The van der Waals surface area contributed by atoms with Gasteiger partial charge < -0.3 is 9.73 Å². The molecule has 1 saturated heterocycles. The molecule has 4 heteroatoms. The van der Waals surface area contributed by atoms with Crippen molar-refractivity contribution in [2.45, 2.75) is 51.2 Å². The molecular formula is C13H21N3O. The summed E-state index contributed by atoms with van der Waals surface area (Å²) in [6.07, 6.45) is 5.85. The van der Waals surface area contributed by atoms with E-state index in [-0.39, 0.29) is 6.04 Å². The molecule has 17 heavy (non-hydrogen) atoms. The van der Waals surface area contributed by atoms with E-state index in [4.69, 9.17) is 4.42 Å². The maximum atomic E-state index is 5.55. The van der Waals surface area contributed by atoms with Gasteiger partial charge in [-0.1, -0.05) is 0 Å². The van der Waals surface area contributed by atoms with E-state index in [1.165, 1.54) is 32.4 Å². The second kappa shape index (κ2) is 4.42. The fourth-order valence-corrected chi connectivity index (χ4v) is 2.69. The van der Waals surface area contributed by atoms with Gasteiger partial charge in [0.25, 0.3) is 0 Å². The summed E-state index contributed by atoms with van der Waals surface area (Å²) in [5, 5.41) is 3.62. The third-order valence-electron chi connectivity index (χ3n) is 3.78. The van der Waals surface area contributed by atoms with Crippen LogP contribution in [0.25, 0.3) is 0 Å². The Hall–Kier alpha value is -0.870. The molecular weight excluding hydrogens is 214 g/mol. The van der Waals surface area contributed by atoms with Crippen molar-refractivity contribution in [1.82, 2.24) is 15.2 Å². The minimum atomic E-state index is 0.216. The molecule has 0 spiro atoms. The summed E-state index contributed by atoms with van der Waals surface area (Å²) in [6.45, 7) is 6.51. The minimum Gasteiger partial charge on any atom is -0.444 e. The van der Waals surface area contributed by atoms with Gasteiger partial charge >= 0.3 is 0 Å². The van der Waals surface area contributed by atoms with Gasteiger partial charge in [0.1, 0.15) is 5.76 Å². The number of oxazole rings is 1. The van der Waals surface area contributed by atoms with Gasteiger partial charge in [-0.2, -0.15) is 0 Å². The van der Waals surface area contributed by atoms with Crippen LogP contribution >= 0.6 is 0 Å². The monoisotopic (exact) mass is 235 g/mol. The molecule has 0 bridgehead atoms. The fraction of sp³-hybridized carbons (Fsp3) is 0.769. The first kappa shape index (κ1) is 11.2. The van der Waals surface area contributed by atoms with Crippen molar-refractivity contribution in [2.75, 3.05) is 13.1 Å². The van der Waals surface area contributed by atoms with Crippen molar-refractivity contribution in [1.29, 1.82) is 0 Å². The summed E-state index contributed by atoms with van der Waals surface area (Å²) in [5.74, 6) is 1.70. The molecule has 2 unspecified atom stereocenters. The fourth-order valence-electron chi connectivity index (χ4n) is 2.69. The van der Waals surface area contributed by atoms with Crippen LogP contribution in [-0.4, -0.2) is 35.1 Å². The van der Waals surface area contributed by atoms with Crippen molar-refractivity contribution in [2.24, 2.45) is 0 Å². The summed E-state index contributed by atoms with van der Waals surface area (Å²) in [6, 6.07) is 1.70. The van der Waals surface area contributed by atoms with E-state index in [0.29, 0.717) is 6.04 Å². The summed E-state index contributed by atoms with van der Waals surface area (Å²) >= 11 is 0. The van der Waals surface area contributed by atoms with Crippen LogP contribution < -0.4 is 5.32 Å². The van der Waals surface area contributed by atoms with Gasteiger partial charge in [-0.3, -0.25) is 4.90 Å². The summed E-state index contributed by atoms with van der Waals surface area (Å²) in [4.78, 5) is 6.90. The Morgan fingerprint density at radius 3 is 2.94 bits per heavy atom. The number of aryl methyl sites for hydroxylation is 1. The van der Waals surface area contributed by atoms with Crippen molar-refractivity contribution >= 4 is 0 Å². The van der Waals surface area contributed by atoms with Crippen LogP contribution in [0.3, 0.4) is 0 Å². The average Bonchev–Trinajstić information content (AvgIpc) is 2.90. The van der Waals surface area contributed by atoms with E-state index in [9.17, 15) is 0 Å². The van der Waals surface area contributed by atoms with Crippen LogP contribution in [-0.2, 0) is 0 Å². The zero-order valence-corrected chi connectivity index (χ0v) is 10.6. The molecule has 94 valence electrons. The van der Waals surface area contributed by atoms with Crippen LogP contribution in [0.15, 0.2) is 10.6 Å². The number of aromatic nitrogens is 1. The second-order valence-electron chi connectivity index (χ2n) is 5.41. The zero-order valence-electron chi connectivity index (χ0n) is 10.6. The van der Waals surface area contributed by atoms with E-state index in [2.05, 4.69) is 22.1 Å². The predicted molar refractivity (Wildman–Crippen MR) is 65.8 cm³/mol. The molecule has 2 fully saturated rings. The highest BCUT2D eigenvalue weighted by Gasteiger charge is 2.34. The van der Waals surface area contributed by atoms with Crippen LogP contribution in [0.5, 0.6) is 0 Å². The normalized spacial score (nSPS) is 27.5. The molecule has 1 aromatic rings. The van der Waals surface area contributed by atoms with Gasteiger partial charge in [0.15, 0.2) is 0 Å². The first-order valence-corrected chi connectivity index (χ1v) is 6.65. The number of rotatable bonds is 4. The van der Waals surface area contributed by atoms with Crippen molar-refractivity contribution in [3.63, 3.8) is 0 Å². The zero-order chi connectivity index (χ0) is 11.8. The van der Waals surface area contributed by atoms with Gasteiger partial charge in [-0.25, -0.2) is 4.98 Å². The molecule has 0 amide bonds. The van der Waals surface area contributed by atoms with Crippen LogP contribution in [0, 0.1) is 6.92 Å². The Morgan fingerprint density at radius 2 is 2.29 bits per heavy atom. The standard InChI is InChI=1S/C13H21N3O/c1-9-7-14-13(17-9)10(2)15-11-5-6-16(8-11)12-3-4-12/h7,10-12,15H,3-6,8H2,1-2H3. The topological polar surface area (TPSA) is 41.3 Å². The van der Waals surface area contributed by atoms with Crippen molar-refractivity contribution < 1.29 is 4.42 Å². The smallest absolute Gasteiger partial charge is 0.211 e. The van der Waals surface area contributed by atoms with Gasteiger partial charge in [0.2, 0.25) is 5.89 Å². The maximum Gasteiger partial charge on any atom is 0.211 e. The van der Waals surface area contributed by atoms with Crippen LogP contribution in [0.2, 0.25) is 0 Å². The maximum absolute atomic E-state index is 5.55. The summed E-state index contributed by atoms with van der Waals surface area (Å²) in [7, 11) is 0. The van der Waals surface area contributed by atoms with Gasteiger partial charge in [-0.15, -0.1) is 0 Å². The summed E-state index contributed by atoms with van der Waals surface area (Å²) < 4.78 is 5.55. The van der Waals surface area contributed by atoms with E-state index >= 15 is 0 Å². The van der Waals surface area contributed by atoms with Gasteiger partial charge in [0.05, 0.1) is 12.2 Å². The molecule has 1 N–H and O–H groups in total. The van der Waals surface area contributed by atoms with Gasteiger partial charge in [-0.05, 0) is 33.1 Å². The Kier molecular flexibility index (Phi) is 2.92. The highest BCUT2D eigenvalue weighted by Crippen LogP contribution is 2.30. The lowest BCUT2D eigenvalue weighted by Crippen LogP contribution is -2.35. The number of likely N-dealkylation sites (tertiary alicyclic amines) is 1. The molecule has 2 heterocycles. The predicted octanol–water partition coefficient (Wildman–Crippen LogP) is 1.87. The Balaban J connectivity index is 1.53. The third-order valence-corrected chi connectivity index (χ3v) is 3.78. The van der Waals surface area contributed by atoms with Crippen LogP contribution in [0.1, 0.15) is 43.9 Å². The third kappa shape index (κ3) is 2.53. The highest BCUT2D eigenvalue weighted by atomic mass is 16.4. The highest BCUT2D eigenvalue weighted by molar-refractivity contribution is 4.98. The van der Waals surface area contributed by atoms with E-state index in [1.807, 2.05) is 6.92 Å². The Bertz CT molecular complexity index is 386. The minimum absolute atomic E-state index is 0.216. The second-order valence-corrected chi connectivity index (χ2v) is 5.41. The first-order chi connectivity index (χ1) is 8.22. The largest absolute Gasteiger partial charge is 0.444 e. The quantitative estimate of drug-likeness (QED) is 0.865. The molecule has 1 aliphatic heterocycles. The molecule has 0 radical (unpaired) electrons. The van der Waals surface area contributed by atoms with Gasteiger partial charge in [0, 0.05) is 25.2 Å². The number of nitrogens with zero attached hydrogens (tertiary/aromatic N) is 2. The van der Waals surface area contributed by atoms with Crippen LogP contribution in [0.4, 0.5) is 0 Å². The first-order valence-electron chi connectivity index (χ1n) is 6.65. The average molecular weight is 235 g/mol. The van der Waals surface area contributed by atoms with E-state index in [1.54, 1.807) is 6.20 Å². The molecule has 3 rings (SSSR count).